The van der Waals surface area contributed by atoms with Crippen molar-refractivity contribution in [1.82, 2.24) is 4.90 Å². The van der Waals surface area contributed by atoms with Crippen molar-refractivity contribution in [2.24, 2.45) is 11.7 Å². The second-order valence-corrected chi connectivity index (χ2v) is 5.47. The maximum atomic E-state index is 12.3. The Balaban J connectivity index is 1.86. The molecule has 1 amide bonds. The number of hydrogen-bond acceptors (Lipinski definition) is 2. The molecule has 1 atom stereocenters. The molecule has 0 bridgehead atoms. The second-order valence-electron chi connectivity index (χ2n) is 5.47. The molecule has 1 aliphatic rings. The van der Waals surface area contributed by atoms with E-state index in [1.165, 1.54) is 6.42 Å². The van der Waals surface area contributed by atoms with Crippen molar-refractivity contribution < 1.29 is 4.79 Å². The molecule has 19 heavy (non-hydrogen) atoms. The summed E-state index contributed by atoms with van der Waals surface area (Å²) >= 11 is 0. The molecular weight excluding hydrogens is 236 g/mol. The van der Waals surface area contributed by atoms with E-state index in [9.17, 15) is 4.79 Å². The van der Waals surface area contributed by atoms with Gasteiger partial charge in [-0.05, 0) is 30.7 Å². The third-order valence-corrected chi connectivity index (χ3v) is 4.12. The van der Waals surface area contributed by atoms with E-state index >= 15 is 0 Å². The van der Waals surface area contributed by atoms with Gasteiger partial charge in [0.05, 0.1) is 6.04 Å². The highest BCUT2D eigenvalue weighted by Gasteiger charge is 2.25. The fraction of sp³-hybridized carbons (Fsp3) is 0.562. The van der Waals surface area contributed by atoms with E-state index in [0.717, 1.165) is 37.4 Å². The third-order valence-electron chi connectivity index (χ3n) is 4.12. The molecule has 0 aromatic heterocycles. The smallest absolute Gasteiger partial charge is 0.239 e. The number of hydrogen-bond donors (Lipinski definition) is 1. The molecule has 104 valence electrons. The number of nitrogens with zero attached hydrogens (tertiary/aromatic N) is 1. The summed E-state index contributed by atoms with van der Waals surface area (Å²) in [5.74, 6) is 0.896. The highest BCUT2D eigenvalue weighted by molar-refractivity contribution is 5.82. The first-order chi connectivity index (χ1) is 9.20. The standard InChI is InChI=1S/C16H24N2O/c1-2-13-8-10-18(11-9-13)16(19)15(17)12-14-6-4-3-5-7-14/h3-7,13,15H,2,8-12,17H2,1H3/t15-/m1/s1. The maximum absolute atomic E-state index is 12.3. The summed E-state index contributed by atoms with van der Waals surface area (Å²) in [4.78, 5) is 14.2. The first kappa shape index (κ1) is 14.1. The minimum Gasteiger partial charge on any atom is -0.341 e. The van der Waals surface area contributed by atoms with E-state index in [-0.39, 0.29) is 5.91 Å². The lowest BCUT2D eigenvalue weighted by atomic mass is 9.94. The van der Waals surface area contributed by atoms with Crippen molar-refractivity contribution in [2.45, 2.75) is 38.6 Å². The van der Waals surface area contributed by atoms with Crippen molar-refractivity contribution in [3.63, 3.8) is 0 Å². The summed E-state index contributed by atoms with van der Waals surface area (Å²) in [6.07, 6.45) is 4.10. The average Bonchev–Trinajstić information content (AvgIpc) is 2.47. The molecule has 0 radical (unpaired) electrons. The summed E-state index contributed by atoms with van der Waals surface area (Å²) in [7, 11) is 0. The van der Waals surface area contributed by atoms with Crippen LogP contribution < -0.4 is 5.73 Å². The van der Waals surface area contributed by atoms with Crippen LogP contribution in [0.15, 0.2) is 30.3 Å². The molecule has 0 unspecified atom stereocenters. The van der Waals surface area contributed by atoms with Gasteiger partial charge < -0.3 is 10.6 Å². The van der Waals surface area contributed by atoms with E-state index < -0.39 is 6.04 Å². The number of nitrogens with two attached hydrogens (primary N) is 1. The third kappa shape index (κ3) is 3.80. The molecule has 2 rings (SSSR count). The highest BCUT2D eigenvalue weighted by atomic mass is 16.2. The SMILES string of the molecule is CCC1CCN(C(=O)[C@H](N)Cc2ccccc2)CC1. The first-order valence-corrected chi connectivity index (χ1v) is 7.29. The van der Waals surface area contributed by atoms with Crippen LogP contribution in [0.3, 0.4) is 0 Å². The number of rotatable bonds is 4. The summed E-state index contributed by atoms with van der Waals surface area (Å²) in [6, 6.07) is 9.60. The van der Waals surface area contributed by atoms with Gasteiger partial charge in [-0.3, -0.25) is 4.79 Å². The van der Waals surface area contributed by atoms with Crippen molar-refractivity contribution in [3.8, 4) is 0 Å². The van der Waals surface area contributed by atoms with Crippen LogP contribution in [0.2, 0.25) is 0 Å². The zero-order chi connectivity index (χ0) is 13.7. The van der Waals surface area contributed by atoms with Crippen LogP contribution in [0.4, 0.5) is 0 Å². The molecule has 1 aromatic rings. The number of likely N-dealkylation sites (tertiary alicyclic amines) is 1. The number of benzene rings is 1. The van der Waals surface area contributed by atoms with Crippen molar-refractivity contribution in [3.05, 3.63) is 35.9 Å². The highest BCUT2D eigenvalue weighted by Crippen LogP contribution is 2.20. The fourth-order valence-corrected chi connectivity index (χ4v) is 2.75. The van der Waals surface area contributed by atoms with Crippen molar-refractivity contribution in [2.75, 3.05) is 13.1 Å². The molecule has 1 fully saturated rings. The quantitative estimate of drug-likeness (QED) is 0.902. The lowest BCUT2D eigenvalue weighted by molar-refractivity contribution is -0.134. The Morgan fingerprint density at radius 3 is 2.53 bits per heavy atom. The van der Waals surface area contributed by atoms with Crippen LogP contribution >= 0.6 is 0 Å². The molecule has 1 heterocycles. The predicted octanol–water partition coefficient (Wildman–Crippen LogP) is 2.21. The molecule has 0 spiro atoms. The van der Waals surface area contributed by atoms with Gasteiger partial charge in [0.2, 0.25) is 5.91 Å². The Hall–Kier alpha value is -1.35. The Bertz CT molecular complexity index is 396. The summed E-state index contributed by atoms with van der Waals surface area (Å²) in [5.41, 5.74) is 7.19. The van der Waals surface area contributed by atoms with Crippen LogP contribution in [0.1, 0.15) is 31.7 Å². The average molecular weight is 260 g/mol. The molecule has 0 aliphatic carbocycles. The van der Waals surface area contributed by atoms with Crippen LogP contribution in [-0.2, 0) is 11.2 Å². The molecule has 3 heteroatoms. The van der Waals surface area contributed by atoms with Gasteiger partial charge in [-0.25, -0.2) is 0 Å². The Morgan fingerprint density at radius 2 is 1.95 bits per heavy atom. The van der Waals surface area contributed by atoms with E-state index in [1.807, 2.05) is 35.2 Å². The van der Waals surface area contributed by atoms with Gasteiger partial charge in [0.25, 0.3) is 0 Å². The predicted molar refractivity (Wildman–Crippen MR) is 77.7 cm³/mol. The molecule has 1 saturated heterocycles. The van der Waals surface area contributed by atoms with Crippen LogP contribution in [-0.4, -0.2) is 29.9 Å². The monoisotopic (exact) mass is 260 g/mol. The Kier molecular flexibility index (Phi) is 4.97. The van der Waals surface area contributed by atoms with Gasteiger partial charge in [-0.2, -0.15) is 0 Å². The summed E-state index contributed by atoms with van der Waals surface area (Å²) in [5, 5.41) is 0. The molecule has 3 nitrogen and oxygen atoms in total. The zero-order valence-corrected chi connectivity index (χ0v) is 11.7. The summed E-state index contributed by atoms with van der Waals surface area (Å²) < 4.78 is 0. The van der Waals surface area contributed by atoms with Gasteiger partial charge in [-0.1, -0.05) is 43.7 Å². The van der Waals surface area contributed by atoms with Gasteiger partial charge in [0.15, 0.2) is 0 Å². The van der Waals surface area contributed by atoms with Gasteiger partial charge in [-0.15, -0.1) is 0 Å². The number of amides is 1. The number of carbonyl (C=O) groups excluding carboxylic acids is 1. The van der Waals surface area contributed by atoms with E-state index in [1.54, 1.807) is 0 Å². The maximum Gasteiger partial charge on any atom is 0.239 e. The van der Waals surface area contributed by atoms with E-state index in [0.29, 0.717) is 6.42 Å². The largest absolute Gasteiger partial charge is 0.341 e. The first-order valence-electron chi connectivity index (χ1n) is 7.29. The molecule has 0 saturated carbocycles. The molecule has 1 aromatic carbocycles. The lowest BCUT2D eigenvalue weighted by Gasteiger charge is -2.33. The van der Waals surface area contributed by atoms with E-state index in [2.05, 4.69) is 6.92 Å². The van der Waals surface area contributed by atoms with E-state index in [4.69, 9.17) is 5.73 Å². The van der Waals surface area contributed by atoms with Crippen molar-refractivity contribution in [1.29, 1.82) is 0 Å². The molecular formula is C16H24N2O. The number of carbonyl (C=O) groups is 1. The van der Waals surface area contributed by atoms with Crippen LogP contribution in [0.25, 0.3) is 0 Å². The minimum atomic E-state index is -0.402. The lowest BCUT2D eigenvalue weighted by Crippen LogP contribution is -2.48. The topological polar surface area (TPSA) is 46.3 Å². The fourth-order valence-electron chi connectivity index (χ4n) is 2.75. The Labute approximate surface area is 115 Å². The second kappa shape index (κ2) is 6.71. The van der Waals surface area contributed by atoms with Crippen LogP contribution in [0.5, 0.6) is 0 Å². The van der Waals surface area contributed by atoms with Gasteiger partial charge in [0.1, 0.15) is 0 Å². The van der Waals surface area contributed by atoms with Gasteiger partial charge >= 0.3 is 0 Å². The van der Waals surface area contributed by atoms with Crippen LogP contribution in [0, 0.1) is 5.92 Å². The molecule has 2 N–H and O–H groups in total. The van der Waals surface area contributed by atoms with Crippen molar-refractivity contribution >= 4 is 5.91 Å². The summed E-state index contributed by atoms with van der Waals surface area (Å²) in [6.45, 7) is 3.98. The molecule has 1 aliphatic heterocycles. The minimum absolute atomic E-state index is 0.110. The zero-order valence-electron chi connectivity index (χ0n) is 11.7. The normalized spacial score (nSPS) is 18.3. The number of piperidine rings is 1. The Morgan fingerprint density at radius 1 is 1.32 bits per heavy atom. The van der Waals surface area contributed by atoms with Gasteiger partial charge in [0, 0.05) is 13.1 Å².